The third-order valence-corrected chi connectivity index (χ3v) is 10.1. The predicted octanol–water partition coefficient (Wildman–Crippen LogP) is 8.02. The minimum Gasteiger partial charge on any atom is -0.508 e. The van der Waals surface area contributed by atoms with Crippen LogP contribution in [-0.4, -0.2) is 28.0 Å². The van der Waals surface area contributed by atoms with E-state index in [2.05, 4.69) is 4.98 Å². The molecule has 1 N–H and O–H groups in total. The number of hydrogen-bond donors (Lipinski definition) is 1. The highest BCUT2D eigenvalue weighted by Gasteiger charge is 2.52. The summed E-state index contributed by atoms with van der Waals surface area (Å²) in [6.45, 7) is 0.0893. The van der Waals surface area contributed by atoms with Crippen LogP contribution in [-0.2, 0) is 6.54 Å². The van der Waals surface area contributed by atoms with Crippen LogP contribution in [0.25, 0.3) is 0 Å². The molecule has 0 aliphatic rings. The van der Waals surface area contributed by atoms with Crippen LogP contribution in [0, 0.1) is 116 Å². The first-order chi connectivity index (χ1) is 32.8. The van der Waals surface area contributed by atoms with Gasteiger partial charge in [0.25, 0.3) is 0 Å². The lowest BCUT2D eigenvalue weighted by Gasteiger charge is -2.44. The molecule has 7 aromatic rings. The van der Waals surface area contributed by atoms with Crippen LogP contribution in [0.1, 0.15) is 20.8 Å². The van der Waals surface area contributed by atoms with Crippen LogP contribution in [0.2, 0.25) is 0 Å². The molecule has 0 atom stereocenters. The summed E-state index contributed by atoms with van der Waals surface area (Å²) in [5.74, 6) is -71.8. The van der Waals surface area contributed by atoms with E-state index in [1.54, 1.807) is 35.0 Å². The lowest BCUT2D eigenvalue weighted by Crippen LogP contribution is -2.81. The average molecular weight is 1010 g/mol. The molecule has 6 nitrogen and oxygen atoms in total. The number of ketones is 1. The van der Waals surface area contributed by atoms with Crippen LogP contribution < -0.4 is 31.2 Å². The maximum absolute atomic E-state index is 15.4. The zero-order chi connectivity index (χ0) is 52.0. The van der Waals surface area contributed by atoms with E-state index in [1.807, 2.05) is 6.07 Å². The van der Waals surface area contributed by atoms with Crippen LogP contribution in [0.4, 0.5) is 87.8 Å². The second-order valence-corrected chi connectivity index (χ2v) is 14.1. The maximum atomic E-state index is 15.4. The van der Waals surface area contributed by atoms with Gasteiger partial charge in [0.2, 0.25) is 24.2 Å². The first-order valence-electron chi connectivity index (χ1n) is 18.5. The summed E-state index contributed by atoms with van der Waals surface area (Å²) in [7, 11) is 0. The van der Waals surface area contributed by atoms with Crippen LogP contribution in [0.15, 0.2) is 73.2 Å². The molecule has 364 valence electrons. The van der Waals surface area contributed by atoms with Gasteiger partial charge in [-0.2, -0.15) is 4.57 Å². The molecule has 7 rings (SSSR count). The molecule has 0 radical (unpaired) electrons. The van der Waals surface area contributed by atoms with E-state index in [0.29, 0.717) is 11.3 Å². The van der Waals surface area contributed by atoms with Crippen molar-refractivity contribution in [2.24, 2.45) is 0 Å². The Bertz CT molecular complexity index is 2890. The number of phenolic OH excluding ortho intramolecular Hbond substituents is 1. The molecule has 0 spiro atoms. The highest BCUT2D eigenvalue weighted by molar-refractivity contribution is 7.20. The number of rotatable bonds is 9. The van der Waals surface area contributed by atoms with Crippen molar-refractivity contribution in [1.82, 2.24) is 4.98 Å². The van der Waals surface area contributed by atoms with Gasteiger partial charge in [-0.3, -0.25) is 4.79 Å². The Morgan fingerprint density at radius 2 is 0.771 bits per heavy atom. The van der Waals surface area contributed by atoms with E-state index in [-0.39, 0.29) is 23.8 Å². The maximum Gasteiger partial charge on any atom is 0.368 e. The summed E-state index contributed by atoms with van der Waals surface area (Å²) in [6, 6.07) is 14.7. The summed E-state index contributed by atoms with van der Waals surface area (Å²) < 4.78 is 301. The zero-order valence-corrected chi connectivity index (χ0v) is 33.3. The molecule has 70 heavy (non-hydrogen) atoms. The second kappa shape index (κ2) is 19.5. The Balaban J connectivity index is 0.000000270. The number of aromatic hydroxyl groups is 1. The smallest absolute Gasteiger partial charge is 0.368 e. The number of carbonyl (C=O) groups is 2. The largest absolute Gasteiger partial charge is 0.508 e. The molecule has 0 bridgehead atoms. The molecule has 0 saturated heterocycles. The van der Waals surface area contributed by atoms with Crippen molar-refractivity contribution in [2.75, 3.05) is 0 Å². The fraction of sp³-hybridized carbons (Fsp3) is 0.0233. The molecule has 1 heterocycles. The fourth-order valence-electron chi connectivity index (χ4n) is 7.07. The highest BCUT2D eigenvalue weighted by atomic mass is 19.2. The molecule has 0 saturated carbocycles. The predicted molar refractivity (Wildman–Crippen MR) is 197 cm³/mol. The average Bonchev–Trinajstić information content (AvgIpc) is 3.35. The number of halogens is 20. The number of aromatic nitrogens is 2. The van der Waals surface area contributed by atoms with E-state index >= 15 is 35.1 Å². The van der Waals surface area contributed by atoms with Crippen LogP contribution >= 0.6 is 0 Å². The van der Waals surface area contributed by atoms with E-state index in [1.165, 1.54) is 36.7 Å². The molecular formula is C43H15BF20N2O4. The first-order valence-corrected chi connectivity index (χ1v) is 18.5. The topological polar surface area (TPSA) is 80.4 Å². The van der Waals surface area contributed by atoms with Gasteiger partial charge in [0.1, 0.15) is 64.2 Å². The van der Waals surface area contributed by atoms with Gasteiger partial charge < -0.3 is 9.84 Å². The van der Waals surface area contributed by atoms with Crippen molar-refractivity contribution in [1.29, 1.82) is 0 Å². The van der Waals surface area contributed by atoms with Gasteiger partial charge in [0.05, 0.1) is 6.20 Å². The Hall–Kier alpha value is -8.00. The van der Waals surface area contributed by atoms with Crippen LogP contribution in [0.5, 0.6) is 11.5 Å². The Morgan fingerprint density at radius 3 is 1.10 bits per heavy atom. The third-order valence-electron chi connectivity index (χ3n) is 10.1. The van der Waals surface area contributed by atoms with Gasteiger partial charge in [-0.05, 0) is 24.3 Å². The van der Waals surface area contributed by atoms with Crippen molar-refractivity contribution in [3.05, 3.63) is 201 Å². The number of benzene rings is 6. The molecule has 0 aliphatic carbocycles. The number of hydrogen-bond acceptors (Lipinski definition) is 5. The van der Waals surface area contributed by atoms with Gasteiger partial charge >= 0.3 is 5.97 Å². The van der Waals surface area contributed by atoms with Crippen molar-refractivity contribution in [3.8, 4) is 11.5 Å². The fourth-order valence-corrected chi connectivity index (χ4v) is 7.07. The summed E-state index contributed by atoms with van der Waals surface area (Å²) in [5.41, 5.74) is -13.7. The molecule has 0 fully saturated rings. The molecule has 0 aliphatic heterocycles. The number of carbonyl (C=O) groups excluding carboxylic acids is 2. The number of ether oxygens (including phenoxy) is 1. The standard InChI is InChI=1S/C24BF20.C19H14N2O4/c26-5-1(6(27)14(35)21(42)13(5)34)25(2-7(28)15(36)22(43)16(37)8(2)29,3-9(30)17(38)23(44)18(39)10(3)31)4-11(32)19(40)24(45)20(41)12(4)33;22-15-6-8-16(9-7-15)25-19(24)17-12-21(11-10-20-17)13-18(23)14-4-2-1-3-5-14/h;1-12H,13H2/q-1;/p+1. The summed E-state index contributed by atoms with van der Waals surface area (Å²) in [4.78, 5) is 28.4. The van der Waals surface area contributed by atoms with E-state index in [4.69, 9.17) is 4.74 Å². The van der Waals surface area contributed by atoms with Gasteiger partial charge in [0.15, 0.2) is 76.0 Å². The van der Waals surface area contributed by atoms with Crippen molar-refractivity contribution in [3.63, 3.8) is 0 Å². The number of Topliss-reactive ketones (excluding diaryl/α,β-unsaturated/α-hetero) is 1. The lowest BCUT2D eigenvalue weighted by atomic mass is 9.12. The van der Waals surface area contributed by atoms with Crippen LogP contribution in [0.3, 0.4) is 0 Å². The summed E-state index contributed by atoms with van der Waals surface area (Å²) in [6.07, 6.45) is -2.71. The molecule has 0 amide bonds. The second-order valence-electron chi connectivity index (χ2n) is 14.1. The number of esters is 1. The minimum atomic E-state index is -7.22. The van der Waals surface area contributed by atoms with Gasteiger partial charge in [-0.1, -0.05) is 30.3 Å². The molecular weight excluding hydrogens is 999 g/mol. The van der Waals surface area contributed by atoms with Crippen molar-refractivity contribution in [2.45, 2.75) is 6.54 Å². The number of nitrogens with zero attached hydrogens (tertiary/aromatic N) is 2. The SMILES string of the molecule is Fc1c(F)c(F)c([B-](c2c(F)c(F)c(F)c(F)c2F)(c2c(F)c(F)c(F)c(F)c2F)c2c(F)c(F)c(F)c(F)c2F)c(F)c1F.O=C(C[n+]1ccnc(C(=O)Oc2ccc(O)cc2)c1)c1ccccc1. The Morgan fingerprint density at radius 1 is 0.457 bits per heavy atom. The van der Waals surface area contributed by atoms with Crippen molar-refractivity contribution < 1.29 is 112 Å². The van der Waals surface area contributed by atoms with E-state index in [0.717, 1.165) is 0 Å². The highest BCUT2D eigenvalue weighted by Crippen LogP contribution is 2.31. The van der Waals surface area contributed by atoms with Gasteiger partial charge in [-0.25, -0.2) is 97.6 Å². The summed E-state index contributed by atoms with van der Waals surface area (Å²) >= 11 is 0. The lowest BCUT2D eigenvalue weighted by molar-refractivity contribution is -0.683. The first kappa shape index (κ1) is 51.4. The monoisotopic (exact) mass is 1010 g/mol. The molecule has 6 aromatic carbocycles. The van der Waals surface area contributed by atoms with E-state index < -0.39 is 150 Å². The van der Waals surface area contributed by atoms with Crippen molar-refractivity contribution >= 4 is 39.7 Å². The van der Waals surface area contributed by atoms with E-state index in [9.17, 15) is 67.4 Å². The molecule has 0 unspecified atom stereocenters. The molecule has 1 aromatic heterocycles. The zero-order valence-electron chi connectivity index (χ0n) is 33.3. The normalized spacial score (nSPS) is 11.4. The molecule has 27 heteroatoms. The minimum absolute atomic E-state index is 0.0744. The number of phenols is 1. The van der Waals surface area contributed by atoms with Gasteiger partial charge in [-0.15, -0.1) is 21.9 Å². The quantitative estimate of drug-likeness (QED) is 0.0232. The Kier molecular flexibility index (Phi) is 14.4. The van der Waals surface area contributed by atoms with Gasteiger partial charge in [0, 0.05) is 5.56 Å². The third kappa shape index (κ3) is 8.58. The summed E-state index contributed by atoms with van der Waals surface area (Å²) in [5, 5.41) is 9.23. The Labute approximate surface area is 375 Å².